The zero-order chi connectivity index (χ0) is 10.6. The Morgan fingerprint density at radius 1 is 1.21 bits per heavy atom. The Morgan fingerprint density at radius 2 is 1.79 bits per heavy atom. The second kappa shape index (κ2) is 4.61. The minimum Gasteiger partial charge on any atom is -0.328 e. The summed E-state index contributed by atoms with van der Waals surface area (Å²) >= 11 is 0. The maximum Gasteiger partial charge on any atom is 0.00107 e. The highest BCUT2D eigenvalue weighted by atomic mass is 14.6. The fourth-order valence-electron chi connectivity index (χ4n) is 1.62. The minimum atomic E-state index is 0.245. The minimum absolute atomic E-state index is 0.245. The first-order chi connectivity index (χ1) is 6.52. The quantitative estimate of drug-likeness (QED) is 0.777. The van der Waals surface area contributed by atoms with Crippen molar-refractivity contribution in [3.05, 3.63) is 35.9 Å². The summed E-state index contributed by atoms with van der Waals surface area (Å²) in [7, 11) is 0. The molecule has 14 heavy (non-hydrogen) atoms. The van der Waals surface area contributed by atoms with Gasteiger partial charge in [-0.3, -0.25) is 0 Å². The van der Waals surface area contributed by atoms with E-state index in [1.165, 1.54) is 5.56 Å². The topological polar surface area (TPSA) is 26.0 Å². The van der Waals surface area contributed by atoms with Gasteiger partial charge in [-0.15, -0.1) is 0 Å². The highest BCUT2D eigenvalue weighted by Crippen LogP contribution is 2.28. The molecule has 78 valence electrons. The van der Waals surface area contributed by atoms with Gasteiger partial charge in [0.25, 0.3) is 0 Å². The van der Waals surface area contributed by atoms with Crippen molar-refractivity contribution in [2.24, 2.45) is 5.73 Å². The molecule has 0 saturated carbocycles. The van der Waals surface area contributed by atoms with Gasteiger partial charge in [-0.2, -0.15) is 0 Å². The lowest BCUT2D eigenvalue weighted by atomic mass is 9.80. The SMILES string of the molecule is C[C@@H](N)CCC(C)(C)c1ccccc1. The van der Waals surface area contributed by atoms with Gasteiger partial charge in [-0.05, 0) is 30.7 Å². The van der Waals surface area contributed by atoms with Crippen LogP contribution in [0.15, 0.2) is 30.3 Å². The van der Waals surface area contributed by atoms with Crippen LogP contribution in [0.1, 0.15) is 39.2 Å². The van der Waals surface area contributed by atoms with Gasteiger partial charge in [-0.25, -0.2) is 0 Å². The first-order valence-corrected chi connectivity index (χ1v) is 5.33. The van der Waals surface area contributed by atoms with Crippen LogP contribution >= 0.6 is 0 Å². The molecule has 2 N–H and O–H groups in total. The lowest BCUT2D eigenvalue weighted by molar-refractivity contribution is 0.438. The molecule has 0 unspecified atom stereocenters. The maximum atomic E-state index is 5.78. The predicted molar refractivity (Wildman–Crippen MR) is 62.4 cm³/mol. The van der Waals surface area contributed by atoms with Gasteiger partial charge in [0.2, 0.25) is 0 Å². The third kappa shape index (κ3) is 3.15. The average Bonchev–Trinajstić information content (AvgIpc) is 2.16. The number of nitrogens with two attached hydrogens (primary N) is 1. The molecule has 0 radical (unpaired) electrons. The fourth-order valence-corrected chi connectivity index (χ4v) is 1.62. The lowest BCUT2D eigenvalue weighted by Gasteiger charge is -2.26. The summed E-state index contributed by atoms with van der Waals surface area (Å²) in [5.74, 6) is 0. The second-order valence-corrected chi connectivity index (χ2v) is 4.77. The van der Waals surface area contributed by atoms with Crippen LogP contribution in [0.5, 0.6) is 0 Å². The highest BCUT2D eigenvalue weighted by molar-refractivity contribution is 5.23. The summed E-state index contributed by atoms with van der Waals surface area (Å²) in [4.78, 5) is 0. The van der Waals surface area contributed by atoms with Gasteiger partial charge < -0.3 is 5.73 Å². The normalized spacial score (nSPS) is 14.0. The molecule has 1 aromatic carbocycles. The average molecular weight is 191 g/mol. The molecule has 1 aromatic rings. The van der Waals surface area contributed by atoms with Crippen molar-refractivity contribution in [2.75, 3.05) is 0 Å². The first-order valence-electron chi connectivity index (χ1n) is 5.33. The zero-order valence-electron chi connectivity index (χ0n) is 9.46. The second-order valence-electron chi connectivity index (χ2n) is 4.77. The molecular weight excluding hydrogens is 170 g/mol. The largest absolute Gasteiger partial charge is 0.328 e. The van der Waals surface area contributed by atoms with Crippen LogP contribution in [0.25, 0.3) is 0 Å². The summed E-state index contributed by atoms with van der Waals surface area (Å²) in [6.45, 7) is 6.64. The van der Waals surface area contributed by atoms with E-state index in [0.717, 1.165) is 12.8 Å². The van der Waals surface area contributed by atoms with Gasteiger partial charge >= 0.3 is 0 Å². The Morgan fingerprint density at radius 3 is 2.29 bits per heavy atom. The Bertz CT molecular complexity index is 262. The van der Waals surface area contributed by atoms with E-state index in [1.807, 2.05) is 0 Å². The molecule has 0 aromatic heterocycles. The Kier molecular flexibility index (Phi) is 3.70. The van der Waals surface area contributed by atoms with Crippen LogP contribution in [-0.2, 0) is 5.41 Å². The Hall–Kier alpha value is -0.820. The molecule has 0 saturated heterocycles. The van der Waals surface area contributed by atoms with Crippen LogP contribution in [-0.4, -0.2) is 6.04 Å². The molecule has 0 aliphatic heterocycles. The third-order valence-electron chi connectivity index (χ3n) is 2.78. The van der Waals surface area contributed by atoms with Gasteiger partial charge in [0.15, 0.2) is 0 Å². The molecule has 0 aliphatic rings. The predicted octanol–water partition coefficient (Wildman–Crippen LogP) is 3.09. The van der Waals surface area contributed by atoms with E-state index in [1.54, 1.807) is 0 Å². The van der Waals surface area contributed by atoms with Crippen molar-refractivity contribution < 1.29 is 0 Å². The van der Waals surface area contributed by atoms with E-state index in [-0.39, 0.29) is 5.41 Å². The summed E-state index contributed by atoms with van der Waals surface area (Å²) < 4.78 is 0. The Labute approximate surface area is 87.3 Å². The summed E-state index contributed by atoms with van der Waals surface area (Å²) in [6.07, 6.45) is 2.23. The van der Waals surface area contributed by atoms with Crippen molar-refractivity contribution in [3.8, 4) is 0 Å². The number of hydrogen-bond acceptors (Lipinski definition) is 1. The standard InChI is InChI=1S/C13H21N/c1-11(14)9-10-13(2,3)12-7-5-4-6-8-12/h4-8,11H,9-10,14H2,1-3H3/t11-/m1/s1. The third-order valence-corrected chi connectivity index (χ3v) is 2.78. The lowest BCUT2D eigenvalue weighted by Crippen LogP contribution is -2.22. The van der Waals surface area contributed by atoms with Gasteiger partial charge in [0.1, 0.15) is 0 Å². The first kappa shape index (κ1) is 11.3. The van der Waals surface area contributed by atoms with Crippen molar-refractivity contribution in [1.82, 2.24) is 0 Å². The van der Waals surface area contributed by atoms with E-state index in [0.29, 0.717) is 6.04 Å². The molecule has 1 heteroatoms. The molecule has 0 spiro atoms. The summed E-state index contributed by atoms with van der Waals surface area (Å²) in [5.41, 5.74) is 7.43. The van der Waals surface area contributed by atoms with E-state index in [4.69, 9.17) is 5.73 Å². The molecule has 0 amide bonds. The number of benzene rings is 1. The van der Waals surface area contributed by atoms with Gasteiger partial charge in [-0.1, -0.05) is 44.2 Å². The van der Waals surface area contributed by atoms with E-state index < -0.39 is 0 Å². The van der Waals surface area contributed by atoms with Gasteiger partial charge in [0.05, 0.1) is 0 Å². The summed E-state index contributed by atoms with van der Waals surface area (Å²) in [6, 6.07) is 11.0. The van der Waals surface area contributed by atoms with Crippen molar-refractivity contribution in [2.45, 2.75) is 45.1 Å². The van der Waals surface area contributed by atoms with Crippen LogP contribution in [0, 0.1) is 0 Å². The molecular formula is C13H21N. The van der Waals surface area contributed by atoms with Crippen molar-refractivity contribution in [1.29, 1.82) is 0 Å². The molecule has 0 fully saturated rings. The highest BCUT2D eigenvalue weighted by Gasteiger charge is 2.19. The van der Waals surface area contributed by atoms with Crippen LogP contribution in [0.3, 0.4) is 0 Å². The van der Waals surface area contributed by atoms with Crippen molar-refractivity contribution in [3.63, 3.8) is 0 Å². The Balaban J connectivity index is 2.66. The molecule has 1 rings (SSSR count). The molecule has 0 bridgehead atoms. The summed E-state index contributed by atoms with van der Waals surface area (Å²) in [5, 5.41) is 0. The zero-order valence-corrected chi connectivity index (χ0v) is 9.46. The van der Waals surface area contributed by atoms with E-state index in [9.17, 15) is 0 Å². The van der Waals surface area contributed by atoms with Crippen molar-refractivity contribution >= 4 is 0 Å². The smallest absolute Gasteiger partial charge is 0.00107 e. The molecule has 0 aliphatic carbocycles. The fraction of sp³-hybridized carbons (Fsp3) is 0.538. The number of rotatable bonds is 4. The molecule has 0 heterocycles. The van der Waals surface area contributed by atoms with Crippen LogP contribution in [0.2, 0.25) is 0 Å². The van der Waals surface area contributed by atoms with Crippen LogP contribution in [0.4, 0.5) is 0 Å². The van der Waals surface area contributed by atoms with E-state index in [2.05, 4.69) is 51.1 Å². The monoisotopic (exact) mass is 191 g/mol. The molecule has 1 nitrogen and oxygen atoms in total. The van der Waals surface area contributed by atoms with E-state index >= 15 is 0 Å². The maximum absolute atomic E-state index is 5.78. The molecule has 1 atom stereocenters. The van der Waals surface area contributed by atoms with Gasteiger partial charge in [0, 0.05) is 6.04 Å². The number of hydrogen-bond donors (Lipinski definition) is 1. The van der Waals surface area contributed by atoms with Crippen LogP contribution < -0.4 is 5.73 Å².